The number of nitrogens with zero attached hydrogens (tertiary/aromatic N) is 3. The number of hydrogen-bond acceptors (Lipinski definition) is 5. The van der Waals surface area contributed by atoms with Gasteiger partial charge in [0.1, 0.15) is 0 Å². The van der Waals surface area contributed by atoms with Gasteiger partial charge in [-0.15, -0.1) is 0 Å². The van der Waals surface area contributed by atoms with E-state index in [0.717, 1.165) is 12.1 Å². The van der Waals surface area contributed by atoms with E-state index in [1.807, 2.05) is 32.0 Å². The predicted octanol–water partition coefficient (Wildman–Crippen LogP) is 2.26. The number of carbonyl (C=O) groups excluding carboxylic acids is 1. The van der Waals surface area contributed by atoms with Crippen LogP contribution in [-0.4, -0.2) is 34.0 Å². The maximum absolute atomic E-state index is 12.0. The molecule has 1 aliphatic rings. The summed E-state index contributed by atoms with van der Waals surface area (Å²) >= 11 is 0. The molecule has 1 aromatic heterocycles. The van der Waals surface area contributed by atoms with Crippen LogP contribution in [0.1, 0.15) is 49.5 Å². The molecule has 1 fully saturated rings. The highest BCUT2D eigenvalue weighted by atomic mass is 16.5. The Hall–Kier alpha value is -2.21. The minimum absolute atomic E-state index is 0.0275. The zero-order valence-corrected chi connectivity index (χ0v) is 13.5. The second-order valence-electron chi connectivity index (χ2n) is 6.15. The van der Waals surface area contributed by atoms with Crippen LogP contribution in [0.4, 0.5) is 0 Å². The van der Waals surface area contributed by atoms with Crippen molar-refractivity contribution >= 4 is 5.91 Å². The van der Waals surface area contributed by atoms with Gasteiger partial charge in [0.2, 0.25) is 11.8 Å². The molecule has 1 amide bonds. The minimum atomic E-state index is 0.0275. The van der Waals surface area contributed by atoms with E-state index in [1.54, 1.807) is 0 Å². The molecular formula is C17H22N4O2. The fraction of sp³-hybridized carbons (Fsp3) is 0.471. The van der Waals surface area contributed by atoms with E-state index in [9.17, 15) is 4.79 Å². The molecular weight excluding hydrogens is 292 g/mol. The van der Waals surface area contributed by atoms with Crippen LogP contribution in [0.15, 0.2) is 34.9 Å². The summed E-state index contributed by atoms with van der Waals surface area (Å²) in [4.78, 5) is 18.7. The number of nitrogens with one attached hydrogen (secondary N) is 1. The highest BCUT2D eigenvalue weighted by Crippen LogP contribution is 2.27. The monoisotopic (exact) mass is 314 g/mol. The normalized spacial score (nSPS) is 19.6. The smallest absolute Gasteiger partial charge is 0.229 e. The van der Waals surface area contributed by atoms with Gasteiger partial charge >= 0.3 is 0 Å². The van der Waals surface area contributed by atoms with Crippen molar-refractivity contribution in [2.45, 2.75) is 38.8 Å². The first kappa shape index (κ1) is 15.7. The summed E-state index contributed by atoms with van der Waals surface area (Å²) in [7, 11) is 0. The fourth-order valence-electron chi connectivity index (χ4n) is 2.81. The predicted molar refractivity (Wildman–Crippen MR) is 85.6 cm³/mol. The summed E-state index contributed by atoms with van der Waals surface area (Å²) in [6.45, 7) is 6.02. The fourth-order valence-corrected chi connectivity index (χ4v) is 2.81. The van der Waals surface area contributed by atoms with Crippen LogP contribution >= 0.6 is 0 Å². The number of aromatic nitrogens is 2. The highest BCUT2D eigenvalue weighted by molar-refractivity contribution is 5.77. The average Bonchev–Trinajstić information content (AvgIpc) is 2.93. The van der Waals surface area contributed by atoms with Gasteiger partial charge in [-0.2, -0.15) is 4.98 Å². The highest BCUT2D eigenvalue weighted by Gasteiger charge is 2.27. The molecule has 0 radical (unpaired) electrons. The maximum atomic E-state index is 12.0. The SMILES string of the molecule is CC(C)c1nc(CN2CCNC(=O)CC2c2ccccc2)no1. The van der Waals surface area contributed by atoms with Crippen LogP contribution in [-0.2, 0) is 11.3 Å². The van der Waals surface area contributed by atoms with Crippen molar-refractivity contribution in [3.05, 3.63) is 47.6 Å². The Morgan fingerprint density at radius 2 is 2.13 bits per heavy atom. The van der Waals surface area contributed by atoms with Crippen LogP contribution in [0, 0.1) is 0 Å². The molecule has 6 nitrogen and oxygen atoms in total. The first-order valence-electron chi connectivity index (χ1n) is 8.01. The molecule has 2 aromatic rings. The lowest BCUT2D eigenvalue weighted by molar-refractivity contribution is -0.121. The summed E-state index contributed by atoms with van der Waals surface area (Å²) in [6, 6.07) is 10.1. The number of amides is 1. The molecule has 1 aliphatic heterocycles. The zero-order valence-electron chi connectivity index (χ0n) is 13.5. The van der Waals surface area contributed by atoms with Crippen molar-refractivity contribution in [2.24, 2.45) is 0 Å². The lowest BCUT2D eigenvalue weighted by Crippen LogP contribution is -2.31. The average molecular weight is 314 g/mol. The summed E-state index contributed by atoms with van der Waals surface area (Å²) in [5.41, 5.74) is 1.14. The van der Waals surface area contributed by atoms with E-state index in [0.29, 0.717) is 31.2 Å². The van der Waals surface area contributed by atoms with Crippen LogP contribution in [0.25, 0.3) is 0 Å². The summed E-state index contributed by atoms with van der Waals surface area (Å²) in [6.07, 6.45) is 0.443. The van der Waals surface area contributed by atoms with E-state index in [4.69, 9.17) is 4.52 Å². The quantitative estimate of drug-likeness (QED) is 0.937. The number of hydrogen-bond donors (Lipinski definition) is 1. The molecule has 1 aromatic carbocycles. The third kappa shape index (κ3) is 3.76. The molecule has 0 aliphatic carbocycles. The van der Waals surface area contributed by atoms with Gasteiger partial charge in [0.25, 0.3) is 0 Å². The molecule has 1 saturated heterocycles. The Bertz CT molecular complexity index is 654. The Morgan fingerprint density at radius 1 is 1.35 bits per heavy atom. The number of benzene rings is 1. The molecule has 0 spiro atoms. The van der Waals surface area contributed by atoms with E-state index >= 15 is 0 Å². The standard InChI is InChI=1S/C17H22N4O2/c1-12(2)17-19-15(20-23-17)11-21-9-8-18-16(22)10-14(21)13-6-4-3-5-7-13/h3-7,12,14H,8-11H2,1-2H3,(H,18,22). The van der Waals surface area contributed by atoms with Gasteiger partial charge in [-0.3, -0.25) is 9.69 Å². The molecule has 1 N–H and O–H groups in total. The van der Waals surface area contributed by atoms with Gasteiger partial charge in [0.05, 0.1) is 6.54 Å². The van der Waals surface area contributed by atoms with Gasteiger partial charge in [0.15, 0.2) is 5.82 Å². The maximum Gasteiger partial charge on any atom is 0.229 e. The van der Waals surface area contributed by atoms with Crippen molar-refractivity contribution in [3.63, 3.8) is 0 Å². The summed E-state index contributed by atoms with van der Waals surface area (Å²) < 4.78 is 5.29. The van der Waals surface area contributed by atoms with Crippen molar-refractivity contribution in [1.82, 2.24) is 20.4 Å². The van der Waals surface area contributed by atoms with Crippen molar-refractivity contribution in [3.8, 4) is 0 Å². The van der Waals surface area contributed by atoms with Crippen molar-refractivity contribution in [1.29, 1.82) is 0 Å². The molecule has 0 bridgehead atoms. The third-order valence-electron chi connectivity index (χ3n) is 4.05. The van der Waals surface area contributed by atoms with Gasteiger partial charge in [-0.1, -0.05) is 49.3 Å². The molecule has 2 heterocycles. The Balaban J connectivity index is 1.82. The van der Waals surface area contributed by atoms with Crippen molar-refractivity contribution in [2.75, 3.05) is 13.1 Å². The lowest BCUT2D eigenvalue weighted by atomic mass is 10.0. The second-order valence-corrected chi connectivity index (χ2v) is 6.15. The first-order chi connectivity index (χ1) is 11.1. The molecule has 1 unspecified atom stereocenters. The largest absolute Gasteiger partial charge is 0.355 e. The Morgan fingerprint density at radius 3 is 2.83 bits per heavy atom. The summed E-state index contributed by atoms with van der Waals surface area (Å²) in [5.74, 6) is 1.62. The Kier molecular flexibility index (Phi) is 4.71. The van der Waals surface area contributed by atoms with Crippen LogP contribution in [0.2, 0.25) is 0 Å². The zero-order chi connectivity index (χ0) is 16.2. The minimum Gasteiger partial charge on any atom is -0.355 e. The Labute approximate surface area is 135 Å². The van der Waals surface area contributed by atoms with E-state index in [-0.39, 0.29) is 17.9 Å². The first-order valence-corrected chi connectivity index (χ1v) is 8.01. The second kappa shape index (κ2) is 6.91. The van der Waals surface area contributed by atoms with E-state index in [1.165, 1.54) is 0 Å². The molecule has 0 saturated carbocycles. The van der Waals surface area contributed by atoms with Crippen LogP contribution < -0.4 is 5.32 Å². The van der Waals surface area contributed by atoms with Crippen molar-refractivity contribution < 1.29 is 9.32 Å². The molecule has 6 heteroatoms. The van der Waals surface area contributed by atoms with Gasteiger partial charge in [0, 0.05) is 31.5 Å². The number of rotatable bonds is 4. The third-order valence-corrected chi connectivity index (χ3v) is 4.05. The summed E-state index contributed by atoms with van der Waals surface area (Å²) in [5, 5.41) is 7.01. The van der Waals surface area contributed by atoms with Gasteiger partial charge in [-0.25, -0.2) is 0 Å². The van der Waals surface area contributed by atoms with E-state index in [2.05, 4.69) is 32.5 Å². The molecule has 3 rings (SSSR count). The van der Waals surface area contributed by atoms with E-state index < -0.39 is 0 Å². The van der Waals surface area contributed by atoms with Gasteiger partial charge < -0.3 is 9.84 Å². The number of carbonyl (C=O) groups is 1. The molecule has 1 atom stereocenters. The molecule has 122 valence electrons. The topological polar surface area (TPSA) is 71.3 Å². The van der Waals surface area contributed by atoms with Crippen LogP contribution in [0.3, 0.4) is 0 Å². The lowest BCUT2D eigenvalue weighted by Gasteiger charge is -2.28. The van der Waals surface area contributed by atoms with Gasteiger partial charge in [-0.05, 0) is 5.56 Å². The molecule has 23 heavy (non-hydrogen) atoms. The van der Waals surface area contributed by atoms with Crippen LogP contribution in [0.5, 0.6) is 0 Å².